The number of ether oxygens (including phenoxy) is 1. The van der Waals surface area contributed by atoms with E-state index in [0.29, 0.717) is 0 Å². The van der Waals surface area contributed by atoms with Crippen LogP contribution in [-0.2, 0) is 0 Å². The van der Waals surface area contributed by atoms with Crippen LogP contribution in [0.25, 0.3) is 0 Å². The maximum absolute atomic E-state index is 10.2. The molecule has 26 heavy (non-hydrogen) atoms. The van der Waals surface area contributed by atoms with E-state index in [1.54, 1.807) is 13.8 Å². The zero-order chi connectivity index (χ0) is 20.1. The second-order valence-electron chi connectivity index (χ2n) is 7.76. The Morgan fingerprint density at radius 3 is 1.92 bits per heavy atom. The van der Waals surface area contributed by atoms with Gasteiger partial charge in [-0.2, -0.15) is 0 Å². The normalized spacial score (nSPS) is 16.0. The Kier molecular flexibility index (Phi) is 7.92. The van der Waals surface area contributed by atoms with Crippen molar-refractivity contribution in [2.24, 2.45) is 0 Å². The molecule has 1 aliphatic rings. The molecule has 1 aromatic carbocycles. The molecule has 0 radical (unpaired) electrons. The molecule has 7 nitrogen and oxygen atoms in total. The van der Waals surface area contributed by atoms with Crippen LogP contribution in [0, 0.1) is 6.92 Å². The number of aliphatic hydroxyl groups is 1. The summed E-state index contributed by atoms with van der Waals surface area (Å²) in [5, 5.41) is 31.7. The van der Waals surface area contributed by atoms with E-state index in [9.17, 15) is 5.11 Å². The first-order chi connectivity index (χ1) is 11.8. The van der Waals surface area contributed by atoms with Crippen molar-refractivity contribution in [3.8, 4) is 5.75 Å². The van der Waals surface area contributed by atoms with Crippen molar-refractivity contribution in [3.05, 3.63) is 23.8 Å². The molecule has 0 aromatic heterocycles. The van der Waals surface area contributed by atoms with Gasteiger partial charge in [0.1, 0.15) is 11.4 Å². The van der Waals surface area contributed by atoms with E-state index in [1.807, 2.05) is 19.9 Å². The van der Waals surface area contributed by atoms with Gasteiger partial charge >= 0.3 is 7.32 Å². The predicted molar refractivity (Wildman–Crippen MR) is 104 cm³/mol. The van der Waals surface area contributed by atoms with Gasteiger partial charge in [-0.05, 0) is 65.4 Å². The van der Waals surface area contributed by atoms with Crippen molar-refractivity contribution in [2.45, 2.75) is 45.8 Å². The zero-order valence-electron chi connectivity index (χ0n) is 16.7. The SMILES string of the molecule is Cc1cc(OC(C)(C)C(C)(C)O)ccc1N1CCN(C)CC1.OB(O)O. The fraction of sp³-hybridized carbons (Fsp3) is 0.667. The van der Waals surface area contributed by atoms with Gasteiger partial charge in [0.05, 0.1) is 5.60 Å². The fourth-order valence-electron chi connectivity index (χ4n) is 2.51. The summed E-state index contributed by atoms with van der Waals surface area (Å²) >= 11 is 0. The van der Waals surface area contributed by atoms with Gasteiger partial charge in [-0.3, -0.25) is 0 Å². The number of benzene rings is 1. The van der Waals surface area contributed by atoms with Gasteiger partial charge in [0.25, 0.3) is 0 Å². The Balaban J connectivity index is 0.000000765. The molecule has 1 fully saturated rings. The molecule has 0 unspecified atom stereocenters. The van der Waals surface area contributed by atoms with E-state index in [-0.39, 0.29) is 0 Å². The second-order valence-corrected chi connectivity index (χ2v) is 7.76. The van der Waals surface area contributed by atoms with Crippen molar-refractivity contribution < 1.29 is 24.9 Å². The van der Waals surface area contributed by atoms with Crippen LogP contribution in [0.1, 0.15) is 33.3 Å². The molecule has 0 amide bonds. The lowest BCUT2D eigenvalue weighted by atomic mass is 9.89. The molecule has 0 atom stereocenters. The molecule has 148 valence electrons. The number of piperazine rings is 1. The Labute approximate surface area is 157 Å². The maximum atomic E-state index is 10.2. The summed E-state index contributed by atoms with van der Waals surface area (Å²) < 4.78 is 6.03. The minimum Gasteiger partial charge on any atom is -0.485 e. The summed E-state index contributed by atoms with van der Waals surface area (Å²) in [5.41, 5.74) is 0.946. The van der Waals surface area contributed by atoms with Gasteiger partial charge in [-0.25, -0.2) is 0 Å². The topological polar surface area (TPSA) is 96.6 Å². The summed E-state index contributed by atoms with van der Waals surface area (Å²) in [6.45, 7) is 13.8. The molecular formula is C18H33BN2O5. The van der Waals surface area contributed by atoms with E-state index in [0.717, 1.165) is 31.9 Å². The van der Waals surface area contributed by atoms with Crippen molar-refractivity contribution in [1.29, 1.82) is 0 Å². The lowest BCUT2D eigenvalue weighted by Crippen LogP contribution is -2.49. The highest BCUT2D eigenvalue weighted by Crippen LogP contribution is 2.31. The highest BCUT2D eigenvalue weighted by atomic mass is 16.5. The molecule has 0 aliphatic carbocycles. The average Bonchev–Trinajstić information content (AvgIpc) is 2.46. The number of anilines is 1. The second kappa shape index (κ2) is 9.06. The van der Waals surface area contributed by atoms with Gasteiger partial charge in [0.15, 0.2) is 0 Å². The van der Waals surface area contributed by atoms with E-state index in [2.05, 4.69) is 35.9 Å². The minimum absolute atomic E-state index is 0.644. The molecule has 8 heteroatoms. The molecule has 1 saturated heterocycles. The number of likely N-dealkylation sites (N-methyl/N-ethyl adjacent to an activating group) is 1. The molecule has 1 aliphatic heterocycles. The summed E-state index contributed by atoms with van der Waals surface area (Å²) in [4.78, 5) is 4.79. The van der Waals surface area contributed by atoms with Crippen LogP contribution < -0.4 is 9.64 Å². The largest absolute Gasteiger partial charge is 0.631 e. The standard InChI is InChI=1S/C18H30N2O2.BH3O3/c1-14-13-15(22-18(4,5)17(2,3)21)7-8-16(14)20-11-9-19(6)10-12-20;2-1(3)4/h7-8,13,21H,9-12H2,1-6H3;2-4H. The molecule has 0 bridgehead atoms. The van der Waals surface area contributed by atoms with Gasteiger partial charge < -0.3 is 34.7 Å². The summed E-state index contributed by atoms with van der Waals surface area (Å²) in [5.74, 6) is 0.808. The van der Waals surface area contributed by atoms with Gasteiger partial charge in [0, 0.05) is 31.9 Å². The summed E-state index contributed by atoms with van der Waals surface area (Å²) in [6, 6.07) is 6.21. The average molecular weight is 368 g/mol. The van der Waals surface area contributed by atoms with Crippen molar-refractivity contribution >= 4 is 13.0 Å². The molecule has 2 rings (SSSR count). The van der Waals surface area contributed by atoms with Crippen LogP contribution in [0.5, 0.6) is 5.75 Å². The highest BCUT2D eigenvalue weighted by Gasteiger charge is 2.37. The molecule has 1 aromatic rings. The Morgan fingerprint density at radius 1 is 1.00 bits per heavy atom. The number of hydrogen-bond acceptors (Lipinski definition) is 7. The summed E-state index contributed by atoms with van der Waals surface area (Å²) in [7, 11) is -0.000140. The van der Waals surface area contributed by atoms with Crippen molar-refractivity contribution in [3.63, 3.8) is 0 Å². The van der Waals surface area contributed by atoms with Crippen LogP contribution in [0.4, 0.5) is 5.69 Å². The summed E-state index contributed by atoms with van der Waals surface area (Å²) in [6.07, 6.45) is 0. The fourth-order valence-corrected chi connectivity index (χ4v) is 2.51. The number of aryl methyl sites for hydroxylation is 1. The van der Waals surface area contributed by atoms with E-state index in [1.165, 1.54) is 11.3 Å². The van der Waals surface area contributed by atoms with Crippen LogP contribution >= 0.6 is 0 Å². The van der Waals surface area contributed by atoms with Gasteiger partial charge in [-0.15, -0.1) is 0 Å². The first kappa shape index (κ1) is 22.7. The van der Waals surface area contributed by atoms with Gasteiger partial charge in [-0.1, -0.05) is 0 Å². The van der Waals surface area contributed by atoms with Crippen LogP contribution in [0.3, 0.4) is 0 Å². The van der Waals surface area contributed by atoms with Crippen molar-refractivity contribution in [2.75, 3.05) is 38.1 Å². The molecule has 0 saturated carbocycles. The maximum Gasteiger partial charge on any atom is 0.631 e. The van der Waals surface area contributed by atoms with E-state index in [4.69, 9.17) is 19.8 Å². The third kappa shape index (κ3) is 6.77. The highest BCUT2D eigenvalue weighted by molar-refractivity contribution is 6.30. The van der Waals surface area contributed by atoms with Crippen LogP contribution in [0.15, 0.2) is 18.2 Å². The van der Waals surface area contributed by atoms with E-state index >= 15 is 0 Å². The Bertz CT molecular complexity index is 564. The van der Waals surface area contributed by atoms with Gasteiger partial charge in [0.2, 0.25) is 0 Å². The predicted octanol–water partition coefficient (Wildman–Crippen LogP) is 0.623. The molecule has 4 N–H and O–H groups in total. The number of nitrogens with zero attached hydrogens (tertiary/aromatic N) is 2. The molecular weight excluding hydrogens is 335 g/mol. The smallest absolute Gasteiger partial charge is 0.485 e. The van der Waals surface area contributed by atoms with Crippen LogP contribution in [-0.4, -0.2) is 76.8 Å². The number of hydrogen-bond donors (Lipinski definition) is 4. The third-order valence-electron chi connectivity index (χ3n) is 4.86. The third-order valence-corrected chi connectivity index (χ3v) is 4.86. The van der Waals surface area contributed by atoms with Crippen molar-refractivity contribution in [1.82, 2.24) is 4.90 Å². The Morgan fingerprint density at radius 2 is 1.50 bits per heavy atom. The lowest BCUT2D eigenvalue weighted by Gasteiger charge is -2.38. The van der Waals surface area contributed by atoms with E-state index < -0.39 is 18.5 Å². The quantitative estimate of drug-likeness (QED) is 0.579. The zero-order valence-corrected chi connectivity index (χ0v) is 16.7. The number of rotatable bonds is 4. The first-order valence-corrected chi connectivity index (χ1v) is 8.83. The molecule has 1 heterocycles. The first-order valence-electron chi connectivity index (χ1n) is 8.83. The Hall–Kier alpha value is -1.32. The lowest BCUT2D eigenvalue weighted by molar-refractivity contribution is -0.0906. The monoisotopic (exact) mass is 368 g/mol. The van der Waals surface area contributed by atoms with Crippen LogP contribution in [0.2, 0.25) is 0 Å². The molecule has 0 spiro atoms. The minimum atomic E-state index is -2.17.